The Bertz CT molecular complexity index is 802. The van der Waals surface area contributed by atoms with E-state index in [2.05, 4.69) is 26.2 Å². The molecule has 6 nitrogen and oxygen atoms in total. The third-order valence-electron chi connectivity index (χ3n) is 4.32. The van der Waals surface area contributed by atoms with Gasteiger partial charge in [-0.15, -0.1) is 0 Å². The van der Waals surface area contributed by atoms with Crippen molar-refractivity contribution in [3.05, 3.63) is 53.2 Å². The molecule has 0 atom stereocenters. The highest BCUT2D eigenvalue weighted by Crippen LogP contribution is 2.21. The van der Waals surface area contributed by atoms with Gasteiger partial charge in [0.05, 0.1) is 22.8 Å². The van der Waals surface area contributed by atoms with Crippen LogP contribution in [-0.2, 0) is 4.79 Å². The van der Waals surface area contributed by atoms with Crippen LogP contribution in [-0.4, -0.2) is 48.5 Å². The summed E-state index contributed by atoms with van der Waals surface area (Å²) >= 11 is 5.80. The van der Waals surface area contributed by atoms with Crippen LogP contribution in [0.1, 0.15) is 12.0 Å². The SMILES string of the molecule is N#Cc1ccccc1N1CCCN(CC(=O)Nc2ccc(Cl)cn2)CC1. The van der Waals surface area contributed by atoms with Crippen LogP contribution >= 0.6 is 11.6 Å². The van der Waals surface area contributed by atoms with Crippen LogP contribution in [0.4, 0.5) is 11.5 Å². The maximum atomic E-state index is 12.2. The number of nitriles is 1. The number of carbonyl (C=O) groups excluding carboxylic acids is 1. The van der Waals surface area contributed by atoms with Crippen molar-refractivity contribution in [1.29, 1.82) is 5.26 Å². The second-order valence-corrected chi connectivity index (χ2v) is 6.59. The number of nitrogens with one attached hydrogen (secondary N) is 1. The highest BCUT2D eigenvalue weighted by Gasteiger charge is 2.19. The number of hydrogen-bond acceptors (Lipinski definition) is 5. The van der Waals surface area contributed by atoms with E-state index in [1.807, 2.05) is 24.3 Å². The first-order valence-electron chi connectivity index (χ1n) is 8.53. The Morgan fingerprint density at radius 3 is 2.81 bits per heavy atom. The minimum absolute atomic E-state index is 0.0919. The fraction of sp³-hybridized carbons (Fsp3) is 0.316. The van der Waals surface area contributed by atoms with Gasteiger partial charge in [0.15, 0.2) is 0 Å². The third-order valence-corrected chi connectivity index (χ3v) is 4.54. The van der Waals surface area contributed by atoms with Gasteiger partial charge >= 0.3 is 0 Å². The molecule has 1 aromatic carbocycles. The van der Waals surface area contributed by atoms with E-state index in [-0.39, 0.29) is 5.91 Å². The van der Waals surface area contributed by atoms with Gasteiger partial charge < -0.3 is 10.2 Å². The predicted octanol–water partition coefficient (Wildman–Crippen LogP) is 2.76. The van der Waals surface area contributed by atoms with Gasteiger partial charge in [-0.3, -0.25) is 9.69 Å². The van der Waals surface area contributed by atoms with Crippen LogP contribution in [0.3, 0.4) is 0 Å². The zero-order valence-corrected chi connectivity index (χ0v) is 15.1. The summed E-state index contributed by atoms with van der Waals surface area (Å²) in [6.07, 6.45) is 2.44. The molecule has 1 aliphatic heterocycles. The molecule has 0 aliphatic carbocycles. The lowest BCUT2D eigenvalue weighted by molar-refractivity contribution is -0.117. The molecule has 0 bridgehead atoms. The van der Waals surface area contributed by atoms with E-state index in [1.54, 1.807) is 12.1 Å². The number of para-hydroxylation sites is 1. The molecule has 2 heterocycles. The van der Waals surface area contributed by atoms with Gasteiger partial charge in [0, 0.05) is 32.4 Å². The molecular formula is C19H20ClN5O. The summed E-state index contributed by atoms with van der Waals surface area (Å²) in [7, 11) is 0. The van der Waals surface area contributed by atoms with E-state index in [4.69, 9.17) is 11.6 Å². The first-order chi connectivity index (χ1) is 12.7. The summed E-state index contributed by atoms with van der Waals surface area (Å²) in [5, 5.41) is 12.6. The lowest BCUT2D eigenvalue weighted by Crippen LogP contribution is -2.36. The molecule has 1 saturated heterocycles. The molecule has 7 heteroatoms. The molecule has 1 N–H and O–H groups in total. The molecule has 0 radical (unpaired) electrons. The summed E-state index contributed by atoms with van der Waals surface area (Å²) in [5.41, 5.74) is 1.65. The zero-order valence-electron chi connectivity index (χ0n) is 14.4. The molecule has 26 heavy (non-hydrogen) atoms. The molecule has 1 amide bonds. The van der Waals surface area contributed by atoms with Crippen molar-refractivity contribution in [2.24, 2.45) is 0 Å². The van der Waals surface area contributed by atoms with Crippen LogP contribution in [0.2, 0.25) is 5.02 Å². The van der Waals surface area contributed by atoms with E-state index < -0.39 is 0 Å². The van der Waals surface area contributed by atoms with Crippen molar-refractivity contribution in [2.45, 2.75) is 6.42 Å². The number of nitrogens with zero attached hydrogens (tertiary/aromatic N) is 4. The van der Waals surface area contributed by atoms with E-state index >= 15 is 0 Å². The number of amides is 1. The van der Waals surface area contributed by atoms with Crippen molar-refractivity contribution < 1.29 is 4.79 Å². The van der Waals surface area contributed by atoms with Crippen LogP contribution in [0.15, 0.2) is 42.6 Å². The van der Waals surface area contributed by atoms with Crippen LogP contribution in [0, 0.1) is 11.3 Å². The molecular weight excluding hydrogens is 350 g/mol. The normalized spacial score (nSPS) is 15.2. The van der Waals surface area contributed by atoms with Gasteiger partial charge in [-0.1, -0.05) is 23.7 Å². The second-order valence-electron chi connectivity index (χ2n) is 6.16. The standard InChI is InChI=1S/C19H20ClN5O/c20-16-6-7-18(22-13-16)23-19(26)14-24-8-3-9-25(11-10-24)17-5-2-1-4-15(17)12-21/h1-2,4-7,13H,3,8-11,14H2,(H,22,23,26). The summed E-state index contributed by atoms with van der Waals surface area (Å²) in [5.74, 6) is 0.407. The number of aromatic nitrogens is 1. The number of benzene rings is 1. The zero-order chi connectivity index (χ0) is 18.4. The highest BCUT2D eigenvalue weighted by molar-refractivity contribution is 6.30. The van der Waals surface area contributed by atoms with E-state index in [9.17, 15) is 10.1 Å². The van der Waals surface area contributed by atoms with Crippen molar-refractivity contribution in [1.82, 2.24) is 9.88 Å². The fourth-order valence-corrected chi connectivity index (χ4v) is 3.16. The predicted molar refractivity (Wildman–Crippen MR) is 102 cm³/mol. The van der Waals surface area contributed by atoms with E-state index in [0.29, 0.717) is 22.9 Å². The van der Waals surface area contributed by atoms with Crippen molar-refractivity contribution in [3.63, 3.8) is 0 Å². The average molecular weight is 370 g/mol. The molecule has 1 aromatic heterocycles. The Hall–Kier alpha value is -2.62. The fourth-order valence-electron chi connectivity index (χ4n) is 3.05. The van der Waals surface area contributed by atoms with E-state index in [1.165, 1.54) is 6.20 Å². The first-order valence-corrected chi connectivity index (χ1v) is 8.91. The quantitative estimate of drug-likeness (QED) is 0.897. The molecule has 1 fully saturated rings. The molecule has 0 spiro atoms. The smallest absolute Gasteiger partial charge is 0.239 e. The van der Waals surface area contributed by atoms with Gasteiger partial charge in [-0.05, 0) is 30.7 Å². The van der Waals surface area contributed by atoms with Gasteiger partial charge in [0.25, 0.3) is 0 Å². The first kappa shape index (κ1) is 18.2. The lowest BCUT2D eigenvalue weighted by Gasteiger charge is -2.24. The second kappa shape index (κ2) is 8.65. The Balaban J connectivity index is 1.56. The molecule has 0 saturated carbocycles. The molecule has 2 aromatic rings. The highest BCUT2D eigenvalue weighted by atomic mass is 35.5. The molecule has 134 valence electrons. The summed E-state index contributed by atoms with van der Waals surface area (Å²) in [4.78, 5) is 20.7. The summed E-state index contributed by atoms with van der Waals surface area (Å²) in [6.45, 7) is 3.58. The number of hydrogen-bond donors (Lipinski definition) is 1. The maximum Gasteiger partial charge on any atom is 0.239 e. The van der Waals surface area contributed by atoms with Crippen molar-refractivity contribution >= 4 is 29.0 Å². The Kier molecular flexibility index (Phi) is 6.05. The number of halogens is 1. The van der Waals surface area contributed by atoms with Crippen molar-refractivity contribution in [2.75, 3.05) is 42.9 Å². The number of carbonyl (C=O) groups is 1. The number of anilines is 2. The summed E-state index contributed by atoms with van der Waals surface area (Å²) in [6, 6.07) is 13.3. The average Bonchev–Trinajstić information content (AvgIpc) is 2.89. The van der Waals surface area contributed by atoms with Crippen LogP contribution < -0.4 is 10.2 Å². The van der Waals surface area contributed by atoms with Gasteiger partial charge in [-0.25, -0.2) is 4.98 Å². The monoisotopic (exact) mass is 369 g/mol. The topological polar surface area (TPSA) is 72.3 Å². The third kappa shape index (κ3) is 4.72. The minimum atomic E-state index is -0.0919. The van der Waals surface area contributed by atoms with E-state index in [0.717, 1.165) is 38.3 Å². The Morgan fingerprint density at radius 2 is 2.04 bits per heavy atom. The molecule has 0 unspecified atom stereocenters. The Labute approximate surface area is 158 Å². The van der Waals surface area contributed by atoms with Crippen LogP contribution in [0.5, 0.6) is 0 Å². The van der Waals surface area contributed by atoms with Gasteiger partial charge in [0.1, 0.15) is 11.9 Å². The lowest BCUT2D eigenvalue weighted by atomic mass is 10.1. The van der Waals surface area contributed by atoms with Gasteiger partial charge in [0.2, 0.25) is 5.91 Å². The Morgan fingerprint density at radius 1 is 1.19 bits per heavy atom. The number of pyridine rings is 1. The largest absolute Gasteiger partial charge is 0.369 e. The molecule has 1 aliphatic rings. The minimum Gasteiger partial charge on any atom is -0.369 e. The van der Waals surface area contributed by atoms with Gasteiger partial charge in [-0.2, -0.15) is 5.26 Å². The van der Waals surface area contributed by atoms with Crippen molar-refractivity contribution in [3.8, 4) is 6.07 Å². The molecule has 3 rings (SSSR count). The van der Waals surface area contributed by atoms with Crippen LogP contribution in [0.25, 0.3) is 0 Å². The summed E-state index contributed by atoms with van der Waals surface area (Å²) < 4.78 is 0. The maximum absolute atomic E-state index is 12.2. The number of rotatable bonds is 4.